The summed E-state index contributed by atoms with van der Waals surface area (Å²) in [4.78, 5) is 16.6. The first kappa shape index (κ1) is 25.5. The fourth-order valence-corrected chi connectivity index (χ4v) is 4.05. The zero-order valence-corrected chi connectivity index (χ0v) is 21.8. The molecule has 36 heavy (non-hydrogen) atoms. The lowest BCUT2D eigenvalue weighted by Crippen LogP contribution is -2.24. The zero-order chi connectivity index (χ0) is 25.3. The number of amides is 1. The van der Waals surface area contributed by atoms with Crippen molar-refractivity contribution in [1.82, 2.24) is 10.4 Å². The maximum Gasteiger partial charge on any atom is 0.277 e. The normalized spacial score (nSPS) is 11.0. The summed E-state index contributed by atoms with van der Waals surface area (Å²) in [6, 6.07) is 20.4. The number of pyridine rings is 1. The highest BCUT2D eigenvalue weighted by Gasteiger charge is 2.13. The largest absolute Gasteiger partial charge is 0.490 e. The van der Waals surface area contributed by atoms with Crippen molar-refractivity contribution in [3.8, 4) is 17.2 Å². The molecule has 1 aromatic heterocycles. The van der Waals surface area contributed by atoms with Gasteiger partial charge in [0.15, 0.2) is 18.1 Å². The Morgan fingerprint density at radius 3 is 2.67 bits per heavy atom. The second kappa shape index (κ2) is 12.4. The van der Waals surface area contributed by atoms with Crippen LogP contribution in [0.2, 0.25) is 5.02 Å². The van der Waals surface area contributed by atoms with Crippen LogP contribution in [0.5, 0.6) is 17.2 Å². The summed E-state index contributed by atoms with van der Waals surface area (Å²) in [5.74, 6) is 1.27. The van der Waals surface area contributed by atoms with Gasteiger partial charge < -0.3 is 14.2 Å². The van der Waals surface area contributed by atoms with Gasteiger partial charge in [-0.2, -0.15) is 5.10 Å². The Labute approximate surface area is 222 Å². The molecule has 0 aliphatic carbocycles. The lowest BCUT2D eigenvalue weighted by molar-refractivity contribution is -0.123. The molecular formula is C27H23BrClN3O4. The van der Waals surface area contributed by atoms with E-state index in [1.807, 2.05) is 61.5 Å². The molecule has 1 amide bonds. The molecule has 0 atom stereocenters. The van der Waals surface area contributed by atoms with Gasteiger partial charge >= 0.3 is 0 Å². The summed E-state index contributed by atoms with van der Waals surface area (Å²) >= 11 is 9.49. The molecule has 0 saturated carbocycles. The number of hydrazone groups is 1. The van der Waals surface area contributed by atoms with Gasteiger partial charge in [0.05, 0.1) is 17.3 Å². The molecule has 0 unspecified atom stereocenters. The average Bonchev–Trinajstić information content (AvgIpc) is 2.88. The van der Waals surface area contributed by atoms with E-state index in [9.17, 15) is 4.79 Å². The number of hydrogen-bond donors (Lipinski definition) is 1. The lowest BCUT2D eigenvalue weighted by atomic mass is 10.2. The summed E-state index contributed by atoms with van der Waals surface area (Å²) < 4.78 is 18.1. The lowest BCUT2D eigenvalue weighted by Gasteiger charge is -2.14. The first-order valence-electron chi connectivity index (χ1n) is 11.2. The fourth-order valence-electron chi connectivity index (χ4n) is 3.35. The van der Waals surface area contributed by atoms with Gasteiger partial charge in [-0.25, -0.2) is 5.43 Å². The number of benzene rings is 3. The molecular weight excluding hydrogens is 546 g/mol. The third kappa shape index (κ3) is 6.74. The van der Waals surface area contributed by atoms with E-state index in [4.69, 9.17) is 25.8 Å². The van der Waals surface area contributed by atoms with Gasteiger partial charge in [-0.05, 0) is 70.4 Å². The van der Waals surface area contributed by atoms with Crippen LogP contribution in [0, 0.1) is 0 Å². The minimum Gasteiger partial charge on any atom is -0.490 e. The van der Waals surface area contributed by atoms with Gasteiger partial charge in [0.25, 0.3) is 5.91 Å². The molecule has 7 nitrogen and oxygen atoms in total. The van der Waals surface area contributed by atoms with Crippen molar-refractivity contribution in [2.75, 3.05) is 13.2 Å². The van der Waals surface area contributed by atoms with Crippen LogP contribution >= 0.6 is 27.5 Å². The number of rotatable bonds is 10. The number of hydrogen-bond acceptors (Lipinski definition) is 6. The maximum atomic E-state index is 12.2. The van der Waals surface area contributed by atoms with Crippen LogP contribution in [0.15, 0.2) is 82.5 Å². The Bertz CT molecular complexity index is 1370. The Kier molecular flexibility index (Phi) is 8.76. The predicted octanol–water partition coefficient (Wildman–Crippen LogP) is 6.16. The number of aromatic nitrogens is 1. The Morgan fingerprint density at radius 2 is 1.86 bits per heavy atom. The van der Waals surface area contributed by atoms with E-state index in [0.717, 1.165) is 10.9 Å². The highest BCUT2D eigenvalue weighted by Crippen LogP contribution is 2.37. The van der Waals surface area contributed by atoms with Crippen molar-refractivity contribution in [3.05, 3.63) is 93.5 Å². The zero-order valence-electron chi connectivity index (χ0n) is 19.4. The molecule has 4 rings (SSSR count). The topological polar surface area (TPSA) is 82.0 Å². The van der Waals surface area contributed by atoms with Crippen molar-refractivity contribution in [1.29, 1.82) is 0 Å². The number of carbonyl (C=O) groups excluding carboxylic acids is 1. The van der Waals surface area contributed by atoms with E-state index in [1.165, 1.54) is 6.21 Å². The van der Waals surface area contributed by atoms with E-state index in [2.05, 4.69) is 31.4 Å². The van der Waals surface area contributed by atoms with Crippen LogP contribution in [-0.2, 0) is 11.4 Å². The van der Waals surface area contributed by atoms with Gasteiger partial charge in [0, 0.05) is 16.6 Å². The molecule has 1 heterocycles. The molecule has 0 aliphatic rings. The third-order valence-electron chi connectivity index (χ3n) is 4.99. The summed E-state index contributed by atoms with van der Waals surface area (Å²) in [7, 11) is 0. The second-order valence-corrected chi connectivity index (χ2v) is 8.88. The number of ether oxygens (including phenoxy) is 3. The van der Waals surface area contributed by atoms with Crippen LogP contribution in [0.25, 0.3) is 10.9 Å². The molecule has 0 saturated heterocycles. The summed E-state index contributed by atoms with van der Waals surface area (Å²) in [5, 5.41) is 5.64. The molecule has 184 valence electrons. The fraction of sp³-hybridized carbons (Fsp3) is 0.148. The highest BCUT2D eigenvalue weighted by molar-refractivity contribution is 9.10. The number of nitrogens with one attached hydrogen (secondary N) is 1. The summed E-state index contributed by atoms with van der Waals surface area (Å²) in [5.41, 5.74) is 4.86. The van der Waals surface area contributed by atoms with Crippen LogP contribution in [-0.4, -0.2) is 30.3 Å². The van der Waals surface area contributed by atoms with E-state index in [1.54, 1.807) is 18.3 Å². The van der Waals surface area contributed by atoms with Gasteiger partial charge in [-0.3, -0.25) is 9.78 Å². The molecule has 9 heteroatoms. The predicted molar refractivity (Wildman–Crippen MR) is 144 cm³/mol. The number of fused-ring (bicyclic) bond motifs is 1. The first-order valence-corrected chi connectivity index (χ1v) is 12.3. The first-order chi connectivity index (χ1) is 17.5. The van der Waals surface area contributed by atoms with Gasteiger partial charge in [0.2, 0.25) is 0 Å². The molecule has 0 bridgehead atoms. The van der Waals surface area contributed by atoms with Crippen LogP contribution in [0.1, 0.15) is 18.1 Å². The number of para-hydroxylation sites is 1. The molecule has 0 fully saturated rings. The minimum atomic E-state index is -0.397. The summed E-state index contributed by atoms with van der Waals surface area (Å²) in [6.45, 7) is 2.51. The molecule has 3 aromatic carbocycles. The Morgan fingerprint density at radius 1 is 1.06 bits per heavy atom. The number of nitrogens with zero attached hydrogens (tertiary/aromatic N) is 2. The molecule has 0 spiro atoms. The number of halogens is 2. The van der Waals surface area contributed by atoms with E-state index in [0.29, 0.717) is 51.0 Å². The maximum absolute atomic E-state index is 12.2. The second-order valence-electron chi connectivity index (χ2n) is 7.59. The average molecular weight is 569 g/mol. The van der Waals surface area contributed by atoms with Crippen molar-refractivity contribution in [2.45, 2.75) is 13.5 Å². The third-order valence-corrected chi connectivity index (χ3v) is 5.83. The van der Waals surface area contributed by atoms with Crippen LogP contribution in [0.4, 0.5) is 0 Å². The van der Waals surface area contributed by atoms with Crippen molar-refractivity contribution in [3.63, 3.8) is 0 Å². The van der Waals surface area contributed by atoms with Crippen LogP contribution in [0.3, 0.4) is 0 Å². The van der Waals surface area contributed by atoms with Crippen molar-refractivity contribution >= 4 is 50.6 Å². The SMILES string of the molecule is CCOc1cc(/C=N/NC(=O)COc2cccc3cccnc23)cc(Br)c1OCc1ccc(Cl)cc1. The van der Waals surface area contributed by atoms with Crippen molar-refractivity contribution < 1.29 is 19.0 Å². The molecule has 1 N–H and O–H groups in total. The highest BCUT2D eigenvalue weighted by atomic mass is 79.9. The minimum absolute atomic E-state index is 0.196. The van der Waals surface area contributed by atoms with E-state index < -0.39 is 5.91 Å². The molecule has 4 aromatic rings. The van der Waals surface area contributed by atoms with Gasteiger partial charge in [-0.15, -0.1) is 0 Å². The molecule has 0 radical (unpaired) electrons. The van der Waals surface area contributed by atoms with E-state index in [-0.39, 0.29) is 6.61 Å². The Hall–Kier alpha value is -3.62. The molecule has 0 aliphatic heterocycles. The standard InChI is InChI=1S/C27H23BrClN3O4/c1-2-34-24-14-19(13-22(28)27(24)36-16-18-8-10-21(29)11-9-18)15-31-32-25(33)17-35-23-7-3-5-20-6-4-12-30-26(20)23/h3-15H,2,16-17H2,1H3,(H,32,33)/b31-15+. The van der Waals surface area contributed by atoms with Crippen LogP contribution < -0.4 is 19.6 Å². The summed E-state index contributed by atoms with van der Waals surface area (Å²) in [6.07, 6.45) is 3.20. The van der Waals surface area contributed by atoms with Crippen molar-refractivity contribution in [2.24, 2.45) is 5.10 Å². The quantitative estimate of drug-likeness (QED) is 0.183. The van der Waals surface area contributed by atoms with Gasteiger partial charge in [-0.1, -0.05) is 41.9 Å². The van der Waals surface area contributed by atoms with Gasteiger partial charge in [0.1, 0.15) is 17.9 Å². The smallest absolute Gasteiger partial charge is 0.277 e. The number of carbonyl (C=O) groups is 1. The van der Waals surface area contributed by atoms with E-state index >= 15 is 0 Å². The Balaban J connectivity index is 1.37. The monoisotopic (exact) mass is 567 g/mol.